The van der Waals surface area contributed by atoms with E-state index < -0.39 is 21.7 Å². The Labute approximate surface area is 172 Å². The molecule has 5 nitrogen and oxygen atoms in total. The largest absolute Gasteiger partial charge is 1.00 e. The van der Waals surface area contributed by atoms with Crippen LogP contribution in [0.2, 0.25) is 5.02 Å². The van der Waals surface area contributed by atoms with Gasteiger partial charge < -0.3 is 6.16 Å². The molecule has 0 aliphatic rings. The van der Waals surface area contributed by atoms with Crippen molar-refractivity contribution in [2.45, 2.75) is 6.92 Å². The van der Waals surface area contributed by atoms with Crippen molar-refractivity contribution in [1.29, 1.82) is 0 Å². The molecular weight excluding hydrogens is 387 g/mol. The second kappa shape index (κ2) is 8.46. The van der Waals surface area contributed by atoms with E-state index in [9.17, 15) is 22.0 Å². The van der Waals surface area contributed by atoms with Gasteiger partial charge in [0.05, 0.1) is 11.3 Å². The summed E-state index contributed by atoms with van der Waals surface area (Å²) >= 11 is 6.00. The minimum atomic E-state index is -3.72. The van der Waals surface area contributed by atoms with Crippen LogP contribution in [0.25, 0.3) is 0 Å². The molecule has 0 bridgehead atoms. The molecule has 10 heteroatoms. The summed E-state index contributed by atoms with van der Waals surface area (Å²) in [4.78, 5) is 11.5. The van der Waals surface area contributed by atoms with Crippen LogP contribution in [-0.2, 0) is 10.0 Å². The van der Waals surface area contributed by atoms with Gasteiger partial charge >= 0.3 is 29.6 Å². The smallest absolute Gasteiger partial charge is 1.00 e. The summed E-state index contributed by atoms with van der Waals surface area (Å²) in [5, 5.41) is -0.106. The van der Waals surface area contributed by atoms with Crippen molar-refractivity contribution in [1.82, 2.24) is 0 Å². The summed E-state index contributed by atoms with van der Waals surface area (Å²) in [6.45, 7) is 1.28. The fourth-order valence-electron chi connectivity index (χ4n) is 1.83. The van der Waals surface area contributed by atoms with Gasteiger partial charge in [-0.15, -0.1) is 0 Å². The summed E-state index contributed by atoms with van der Waals surface area (Å²) in [5.41, 5.74) is -0.0236. The molecule has 1 N–H and O–H groups in total. The van der Waals surface area contributed by atoms with Crippen LogP contribution < -0.4 is 39.0 Å². The molecule has 2 aromatic carbocycles. The molecule has 0 unspecified atom stereocenters. The van der Waals surface area contributed by atoms with Gasteiger partial charge in [-0.25, -0.2) is 17.2 Å². The first-order chi connectivity index (χ1) is 11.1. The molecule has 25 heavy (non-hydrogen) atoms. The van der Waals surface area contributed by atoms with Crippen molar-refractivity contribution < 1.29 is 57.7 Å². The first kappa shape index (κ1) is 21.9. The van der Waals surface area contributed by atoms with E-state index in [0.29, 0.717) is 6.07 Å². The Hall–Kier alpha value is -1.19. The van der Waals surface area contributed by atoms with Crippen LogP contribution in [0, 0.1) is 11.6 Å². The Kier molecular flexibility index (Phi) is 7.40. The Morgan fingerprint density at radius 3 is 2.36 bits per heavy atom. The Balaban J connectivity index is 0.00000312. The Morgan fingerprint density at radius 1 is 1.20 bits per heavy atom. The molecule has 130 valence electrons. The maximum atomic E-state index is 13.8. The second-order valence-corrected chi connectivity index (χ2v) is 7.09. The average Bonchev–Trinajstić information content (AvgIpc) is 2.43. The van der Waals surface area contributed by atoms with Crippen molar-refractivity contribution in [3.05, 3.63) is 52.6 Å². The van der Waals surface area contributed by atoms with Gasteiger partial charge in [-0.1, -0.05) is 11.6 Å². The van der Waals surface area contributed by atoms with Crippen LogP contribution in [0.1, 0.15) is 18.7 Å². The maximum Gasteiger partial charge on any atom is 1.00 e. The number of carbonyl (C=O) groups excluding carboxylic acids is 1. The quantitative estimate of drug-likeness (QED) is 0.603. The molecular formula is C15H13ClF2NNaO4S. The third kappa shape index (κ3) is 5.93. The van der Waals surface area contributed by atoms with Crippen molar-refractivity contribution >= 4 is 33.1 Å². The zero-order valence-electron chi connectivity index (χ0n) is 14.6. The van der Waals surface area contributed by atoms with Crippen molar-refractivity contribution in [3.8, 4) is 11.5 Å². The van der Waals surface area contributed by atoms with Crippen LogP contribution >= 0.6 is 11.6 Å². The zero-order valence-corrected chi connectivity index (χ0v) is 17.1. The summed E-state index contributed by atoms with van der Waals surface area (Å²) < 4.78 is 57.1. The third-order valence-electron chi connectivity index (χ3n) is 2.86. The van der Waals surface area contributed by atoms with Crippen LogP contribution in [0.15, 0.2) is 30.3 Å². The molecule has 0 amide bonds. The molecule has 0 aliphatic heterocycles. The number of carbonyl (C=O) groups is 1. The maximum absolute atomic E-state index is 13.8. The minimum Gasteiger partial charge on any atom is -1.00 e. The number of anilines is 1. The number of nitrogens with one attached hydrogen (secondary N) is 1. The minimum absolute atomic E-state index is 0. The predicted molar refractivity (Wildman–Crippen MR) is 87.5 cm³/mol. The molecule has 0 saturated heterocycles. The van der Waals surface area contributed by atoms with Crippen LogP contribution in [0.5, 0.6) is 11.5 Å². The van der Waals surface area contributed by atoms with Crippen molar-refractivity contribution in [2.75, 3.05) is 11.0 Å². The first-order valence-electron chi connectivity index (χ1n) is 6.52. The molecule has 0 saturated carbocycles. The van der Waals surface area contributed by atoms with Crippen LogP contribution in [0.3, 0.4) is 0 Å². The number of sulfonamides is 1. The standard InChI is InChI=1S/C15H12ClF2NO4S.Na.H/c1-8(20)9-5-11(16)15(19-24(2,21)22)14(6-9)23-13-4-3-10(17)7-12(13)18;;/h3-7,19H,1-2H3;;/q;+1;-1. The molecule has 0 aromatic heterocycles. The van der Waals surface area contributed by atoms with E-state index in [1.54, 1.807) is 0 Å². The van der Waals surface area contributed by atoms with Gasteiger partial charge in [-0.05, 0) is 31.2 Å². The summed E-state index contributed by atoms with van der Waals surface area (Å²) in [6.07, 6.45) is 0.893. The zero-order chi connectivity index (χ0) is 18.1. The predicted octanol–water partition coefficient (Wildman–Crippen LogP) is 1.10. The van der Waals surface area contributed by atoms with E-state index in [2.05, 4.69) is 4.72 Å². The van der Waals surface area contributed by atoms with E-state index in [1.807, 2.05) is 0 Å². The third-order valence-corrected chi connectivity index (χ3v) is 3.73. The van der Waals surface area contributed by atoms with Gasteiger partial charge in [0, 0.05) is 11.6 Å². The molecule has 0 aliphatic carbocycles. The summed E-state index contributed by atoms with van der Waals surface area (Å²) in [6, 6.07) is 5.08. The molecule has 2 aromatic rings. The van der Waals surface area contributed by atoms with Crippen LogP contribution in [0.4, 0.5) is 14.5 Å². The molecule has 0 spiro atoms. The second-order valence-electron chi connectivity index (χ2n) is 4.94. The molecule has 0 heterocycles. The topological polar surface area (TPSA) is 72.5 Å². The molecule has 0 fully saturated rings. The Bertz CT molecular complexity index is 928. The van der Waals surface area contributed by atoms with Crippen LogP contribution in [-0.4, -0.2) is 20.5 Å². The fraction of sp³-hybridized carbons (Fsp3) is 0.133. The monoisotopic (exact) mass is 399 g/mol. The van der Waals surface area contributed by atoms with Crippen molar-refractivity contribution in [2.24, 2.45) is 0 Å². The van der Waals surface area contributed by atoms with E-state index in [0.717, 1.165) is 18.4 Å². The molecule has 2 rings (SSSR count). The van der Waals surface area contributed by atoms with Gasteiger partial charge in [0.15, 0.2) is 23.1 Å². The average molecular weight is 400 g/mol. The van der Waals surface area contributed by atoms with Gasteiger partial charge in [0.2, 0.25) is 10.0 Å². The van der Waals surface area contributed by atoms with Gasteiger partial charge in [-0.2, -0.15) is 0 Å². The Morgan fingerprint density at radius 2 is 1.84 bits per heavy atom. The van der Waals surface area contributed by atoms with E-state index in [4.69, 9.17) is 16.3 Å². The number of Topliss-reactive ketones (excluding diaryl/α,β-unsaturated/α-hetero) is 1. The molecule has 0 atom stereocenters. The summed E-state index contributed by atoms with van der Waals surface area (Å²) in [7, 11) is -3.72. The number of hydrogen-bond acceptors (Lipinski definition) is 4. The normalized spacial score (nSPS) is 10.8. The fourth-order valence-corrected chi connectivity index (χ4v) is 2.72. The summed E-state index contributed by atoms with van der Waals surface area (Å²) in [5.74, 6) is -2.70. The van der Waals surface area contributed by atoms with E-state index in [1.165, 1.54) is 19.1 Å². The van der Waals surface area contributed by atoms with Gasteiger partial charge in [-0.3, -0.25) is 9.52 Å². The number of halogens is 3. The molecule has 0 radical (unpaired) electrons. The number of ether oxygens (including phenoxy) is 1. The number of hydrogen-bond donors (Lipinski definition) is 1. The van der Waals surface area contributed by atoms with E-state index >= 15 is 0 Å². The SMILES string of the molecule is CC(=O)c1cc(Cl)c(NS(C)(=O)=O)c(Oc2ccc(F)cc2F)c1.[H-].[Na+]. The number of rotatable bonds is 5. The van der Waals surface area contributed by atoms with E-state index in [-0.39, 0.29) is 64.5 Å². The first-order valence-corrected chi connectivity index (χ1v) is 8.79. The number of ketones is 1. The van der Waals surface area contributed by atoms with Gasteiger partial charge in [0.1, 0.15) is 11.5 Å². The number of benzene rings is 2. The van der Waals surface area contributed by atoms with Crippen molar-refractivity contribution in [3.63, 3.8) is 0 Å². The van der Waals surface area contributed by atoms with Gasteiger partial charge in [0.25, 0.3) is 0 Å².